The molecule has 0 heterocycles. The maximum atomic E-state index is 13.3. The molecule has 10 heteroatoms. The second kappa shape index (κ2) is 13.7. The van der Waals surface area contributed by atoms with Gasteiger partial charge in [0, 0.05) is 26.1 Å². The van der Waals surface area contributed by atoms with Crippen molar-refractivity contribution in [1.29, 1.82) is 0 Å². The first kappa shape index (κ1) is 29.0. The number of methoxy groups -OCH3 is 1. The number of hydrogen-bond donors (Lipinski definition) is 1. The highest BCUT2D eigenvalue weighted by molar-refractivity contribution is 7.92. The highest BCUT2D eigenvalue weighted by atomic mass is 32.2. The summed E-state index contributed by atoms with van der Waals surface area (Å²) in [7, 11) is -2.05. The topological polar surface area (TPSA) is 105 Å². The molecule has 2 amide bonds. The number of sulfonamides is 1. The number of likely N-dealkylation sites (N-methyl/N-ethyl adjacent to an activating group) is 1. The third kappa shape index (κ3) is 8.15. The molecule has 0 aliphatic carbocycles. The number of amides is 2. The van der Waals surface area contributed by atoms with E-state index >= 15 is 0 Å². The molecule has 0 fully saturated rings. The summed E-state index contributed by atoms with van der Waals surface area (Å²) in [5.74, 6) is 0.615. The predicted octanol–water partition coefficient (Wildman–Crippen LogP) is 3.19. The first-order chi connectivity index (χ1) is 17.1. The van der Waals surface area contributed by atoms with Crippen LogP contribution in [0.1, 0.15) is 39.2 Å². The van der Waals surface area contributed by atoms with E-state index in [0.717, 1.165) is 11.8 Å². The molecule has 1 atom stereocenters. The molecule has 9 nitrogen and oxygen atoms in total. The van der Waals surface area contributed by atoms with Gasteiger partial charge in [0.2, 0.25) is 21.8 Å². The number of rotatable bonds is 14. The van der Waals surface area contributed by atoms with Crippen LogP contribution < -0.4 is 19.1 Å². The quantitative estimate of drug-likeness (QED) is 0.411. The molecule has 0 saturated carbocycles. The molecule has 1 N–H and O–H groups in total. The van der Waals surface area contributed by atoms with Crippen LogP contribution in [-0.4, -0.2) is 64.2 Å². The van der Waals surface area contributed by atoms with Crippen LogP contribution in [0.3, 0.4) is 0 Å². The Kier molecular flexibility index (Phi) is 11.0. The van der Waals surface area contributed by atoms with Crippen molar-refractivity contribution in [2.45, 2.75) is 46.2 Å². The van der Waals surface area contributed by atoms with E-state index in [2.05, 4.69) is 5.32 Å². The Morgan fingerprint density at radius 2 is 1.81 bits per heavy atom. The van der Waals surface area contributed by atoms with Crippen molar-refractivity contribution in [3.63, 3.8) is 0 Å². The van der Waals surface area contributed by atoms with E-state index in [1.807, 2.05) is 38.1 Å². The lowest BCUT2D eigenvalue weighted by Gasteiger charge is -2.29. The van der Waals surface area contributed by atoms with Crippen molar-refractivity contribution >= 4 is 27.5 Å². The van der Waals surface area contributed by atoms with Crippen LogP contribution in [0.15, 0.2) is 48.5 Å². The van der Waals surface area contributed by atoms with Crippen LogP contribution in [0.25, 0.3) is 0 Å². The fourth-order valence-electron chi connectivity index (χ4n) is 3.80. The summed E-state index contributed by atoms with van der Waals surface area (Å²) >= 11 is 0. The van der Waals surface area contributed by atoms with Crippen LogP contribution in [0.2, 0.25) is 0 Å². The number of carbonyl (C=O) groups is 2. The second-order valence-corrected chi connectivity index (χ2v) is 10.2. The lowest BCUT2D eigenvalue weighted by atomic mass is 10.1. The number of hydrogen-bond acceptors (Lipinski definition) is 6. The molecule has 2 aromatic carbocycles. The molecule has 0 saturated heterocycles. The van der Waals surface area contributed by atoms with Gasteiger partial charge in [0.15, 0.2) is 0 Å². The summed E-state index contributed by atoms with van der Waals surface area (Å²) < 4.78 is 37.3. The van der Waals surface area contributed by atoms with E-state index < -0.39 is 16.1 Å². The maximum absolute atomic E-state index is 13.3. The van der Waals surface area contributed by atoms with Gasteiger partial charge in [-0.2, -0.15) is 0 Å². The van der Waals surface area contributed by atoms with Gasteiger partial charge in [0.1, 0.15) is 17.5 Å². The molecule has 36 heavy (non-hydrogen) atoms. The van der Waals surface area contributed by atoms with Crippen molar-refractivity contribution < 1.29 is 27.5 Å². The van der Waals surface area contributed by atoms with E-state index in [-0.39, 0.29) is 37.7 Å². The fraction of sp³-hybridized carbons (Fsp3) is 0.462. The van der Waals surface area contributed by atoms with Crippen LogP contribution in [0.5, 0.6) is 11.5 Å². The first-order valence-corrected chi connectivity index (χ1v) is 13.9. The van der Waals surface area contributed by atoms with Gasteiger partial charge in [0.25, 0.3) is 0 Å². The summed E-state index contributed by atoms with van der Waals surface area (Å²) in [5, 5.41) is 2.76. The molecule has 0 aliphatic rings. The van der Waals surface area contributed by atoms with E-state index in [1.165, 1.54) is 9.21 Å². The minimum Gasteiger partial charge on any atom is -0.497 e. The van der Waals surface area contributed by atoms with E-state index in [1.54, 1.807) is 38.3 Å². The van der Waals surface area contributed by atoms with Crippen LogP contribution in [0.4, 0.5) is 5.69 Å². The molecule has 198 valence electrons. The Morgan fingerprint density at radius 1 is 1.08 bits per heavy atom. The van der Waals surface area contributed by atoms with Crippen LogP contribution >= 0.6 is 0 Å². The van der Waals surface area contributed by atoms with Gasteiger partial charge >= 0.3 is 0 Å². The number of benzene rings is 2. The average molecular weight is 520 g/mol. The van der Waals surface area contributed by atoms with Crippen LogP contribution in [-0.2, 0) is 26.2 Å². The van der Waals surface area contributed by atoms with Crippen molar-refractivity contribution in [3.05, 3.63) is 54.1 Å². The van der Waals surface area contributed by atoms with Gasteiger partial charge in [-0.3, -0.25) is 13.9 Å². The van der Waals surface area contributed by atoms with Crippen molar-refractivity contribution in [2.24, 2.45) is 0 Å². The maximum Gasteiger partial charge on any atom is 0.242 e. The fourth-order valence-corrected chi connectivity index (χ4v) is 4.76. The van der Waals surface area contributed by atoms with Gasteiger partial charge in [-0.25, -0.2) is 8.42 Å². The predicted molar refractivity (Wildman–Crippen MR) is 141 cm³/mol. The summed E-state index contributed by atoms with van der Waals surface area (Å²) in [6.07, 6.45) is 1.46. The number of ether oxygens (including phenoxy) is 2. The van der Waals surface area contributed by atoms with Gasteiger partial charge in [-0.15, -0.1) is 0 Å². The van der Waals surface area contributed by atoms with Gasteiger partial charge in [0.05, 0.1) is 25.7 Å². The molecule has 0 bridgehead atoms. The second-order valence-electron chi connectivity index (χ2n) is 8.28. The Balaban J connectivity index is 2.21. The number of anilines is 1. The summed E-state index contributed by atoms with van der Waals surface area (Å²) in [4.78, 5) is 27.4. The van der Waals surface area contributed by atoms with Crippen molar-refractivity contribution in [2.75, 3.05) is 37.4 Å². The van der Waals surface area contributed by atoms with Gasteiger partial charge in [-0.05, 0) is 57.0 Å². The number of para-hydroxylation sites is 2. The Morgan fingerprint density at radius 3 is 2.44 bits per heavy atom. The zero-order valence-electron chi connectivity index (χ0n) is 21.7. The third-order valence-electron chi connectivity index (χ3n) is 5.59. The average Bonchev–Trinajstić information content (AvgIpc) is 2.85. The zero-order chi connectivity index (χ0) is 26.7. The molecule has 2 rings (SSSR count). The lowest BCUT2D eigenvalue weighted by molar-refractivity contribution is -0.140. The molecule has 2 aromatic rings. The first-order valence-electron chi connectivity index (χ1n) is 12.0. The summed E-state index contributed by atoms with van der Waals surface area (Å²) in [5.41, 5.74) is 1.25. The molecule has 0 radical (unpaired) electrons. The smallest absolute Gasteiger partial charge is 0.242 e. The summed E-state index contributed by atoms with van der Waals surface area (Å²) in [6, 6.07) is 13.5. The Bertz CT molecular complexity index is 1120. The Labute approximate surface area is 214 Å². The molecule has 0 spiro atoms. The zero-order valence-corrected chi connectivity index (χ0v) is 22.5. The minimum atomic E-state index is -3.62. The van der Waals surface area contributed by atoms with Crippen molar-refractivity contribution in [1.82, 2.24) is 10.2 Å². The standard InChI is InChI=1S/C26H37N3O6S/c1-6-27-26(31)20(3)28(19-21-12-10-13-22(18-21)34-4)25(30)16-11-17-29(36(5,32)33)23-14-8-9-15-24(23)35-7-2/h8-10,12-15,18,20H,6-7,11,16-17,19H2,1-5H3,(H,27,31). The van der Waals surface area contributed by atoms with E-state index in [9.17, 15) is 18.0 Å². The molecular weight excluding hydrogens is 482 g/mol. The molecular formula is C26H37N3O6S. The summed E-state index contributed by atoms with van der Waals surface area (Å²) in [6.45, 7) is 6.49. The largest absolute Gasteiger partial charge is 0.497 e. The molecule has 0 aliphatic heterocycles. The SMILES string of the molecule is CCNC(=O)C(C)N(Cc1cccc(OC)c1)C(=O)CCCN(c1ccccc1OCC)S(C)(=O)=O. The number of nitrogens with one attached hydrogen (secondary N) is 1. The minimum absolute atomic E-state index is 0.0660. The third-order valence-corrected chi connectivity index (χ3v) is 6.77. The highest BCUT2D eigenvalue weighted by Gasteiger charge is 2.27. The van der Waals surface area contributed by atoms with Gasteiger partial charge < -0.3 is 19.7 Å². The van der Waals surface area contributed by atoms with Crippen molar-refractivity contribution in [3.8, 4) is 11.5 Å². The number of carbonyl (C=O) groups excluding carboxylic acids is 2. The monoisotopic (exact) mass is 519 g/mol. The van der Waals surface area contributed by atoms with E-state index in [4.69, 9.17) is 9.47 Å². The highest BCUT2D eigenvalue weighted by Crippen LogP contribution is 2.30. The van der Waals surface area contributed by atoms with Gasteiger partial charge in [-0.1, -0.05) is 24.3 Å². The molecule has 1 unspecified atom stereocenters. The van der Waals surface area contributed by atoms with Crippen LogP contribution in [0, 0.1) is 0 Å². The number of nitrogens with zero attached hydrogens (tertiary/aromatic N) is 2. The normalized spacial score (nSPS) is 11.9. The lowest BCUT2D eigenvalue weighted by Crippen LogP contribution is -2.47. The molecule has 0 aromatic heterocycles. The Hall–Kier alpha value is -3.27. The van der Waals surface area contributed by atoms with E-state index in [0.29, 0.717) is 30.3 Å².